The minimum absolute atomic E-state index is 0.999. The largest absolute Gasteiger partial charge is 0.264 e. The highest BCUT2D eigenvalue weighted by Gasteiger charge is 2.10. The van der Waals surface area contributed by atoms with Gasteiger partial charge in [0, 0.05) is 35.9 Å². The van der Waals surface area contributed by atoms with Gasteiger partial charge in [0.25, 0.3) is 0 Å². The first-order valence-corrected chi connectivity index (χ1v) is 6.44. The second kappa shape index (κ2) is 4.66. The molecule has 0 N–H and O–H groups in total. The highest BCUT2D eigenvalue weighted by molar-refractivity contribution is 7.18. The fraction of sp³-hybridized carbons (Fsp3) is 0.0714. The van der Waals surface area contributed by atoms with E-state index < -0.39 is 0 Å². The highest BCUT2D eigenvalue weighted by Crippen LogP contribution is 2.34. The molecule has 0 amide bonds. The number of hydrogen-bond acceptors (Lipinski definition) is 4. The average molecular weight is 253 g/mol. The quantitative estimate of drug-likeness (QED) is 0.700. The molecule has 18 heavy (non-hydrogen) atoms. The molecule has 0 aliphatic heterocycles. The zero-order valence-corrected chi connectivity index (χ0v) is 10.7. The van der Waals surface area contributed by atoms with Crippen LogP contribution in [0.2, 0.25) is 0 Å². The van der Waals surface area contributed by atoms with Crippen LogP contribution in [0, 0.1) is 6.92 Å². The highest BCUT2D eigenvalue weighted by atomic mass is 32.1. The van der Waals surface area contributed by atoms with Crippen molar-refractivity contribution in [2.75, 3.05) is 0 Å². The lowest BCUT2D eigenvalue weighted by Gasteiger charge is -1.95. The number of nitrogens with zero attached hydrogens (tertiary/aromatic N) is 3. The van der Waals surface area contributed by atoms with Crippen molar-refractivity contribution < 1.29 is 0 Å². The lowest BCUT2D eigenvalue weighted by Crippen LogP contribution is -1.79. The Labute approximate surface area is 109 Å². The summed E-state index contributed by atoms with van der Waals surface area (Å²) in [5.74, 6) is 0. The Kier molecular flexibility index (Phi) is 2.86. The van der Waals surface area contributed by atoms with E-state index in [2.05, 4.69) is 21.0 Å². The molecule has 0 saturated heterocycles. The number of hydrogen-bond donors (Lipinski definition) is 0. The average Bonchev–Trinajstić information content (AvgIpc) is 2.83. The third kappa shape index (κ3) is 2.02. The van der Waals surface area contributed by atoms with E-state index in [0.717, 1.165) is 21.8 Å². The Morgan fingerprint density at radius 1 is 0.944 bits per heavy atom. The smallest absolute Gasteiger partial charge is 0.125 e. The minimum Gasteiger partial charge on any atom is -0.264 e. The van der Waals surface area contributed by atoms with Gasteiger partial charge in [0.2, 0.25) is 0 Å². The number of aromatic nitrogens is 3. The van der Waals surface area contributed by atoms with E-state index in [0.29, 0.717) is 0 Å². The normalized spacial score (nSPS) is 10.5. The number of rotatable bonds is 2. The number of thiazole rings is 1. The Bertz CT molecular complexity index is 647. The molecular weight excluding hydrogens is 242 g/mol. The third-order valence-electron chi connectivity index (χ3n) is 2.63. The lowest BCUT2D eigenvalue weighted by atomic mass is 10.2. The maximum absolute atomic E-state index is 4.61. The van der Waals surface area contributed by atoms with Crippen molar-refractivity contribution in [1.82, 2.24) is 15.0 Å². The summed E-state index contributed by atoms with van der Waals surface area (Å²) >= 11 is 1.67. The van der Waals surface area contributed by atoms with Gasteiger partial charge in [0.1, 0.15) is 5.01 Å². The summed E-state index contributed by atoms with van der Waals surface area (Å²) < 4.78 is 0. The molecule has 0 bridgehead atoms. The van der Waals surface area contributed by atoms with Crippen molar-refractivity contribution in [3.63, 3.8) is 0 Å². The predicted octanol–water partition coefficient (Wildman–Crippen LogP) is 3.58. The van der Waals surface area contributed by atoms with Crippen LogP contribution in [0.15, 0.2) is 49.1 Å². The first-order chi connectivity index (χ1) is 8.84. The van der Waals surface area contributed by atoms with Gasteiger partial charge in [-0.2, -0.15) is 0 Å². The molecule has 3 nitrogen and oxygen atoms in total. The summed E-state index contributed by atoms with van der Waals surface area (Å²) in [7, 11) is 0. The Balaban J connectivity index is 2.07. The van der Waals surface area contributed by atoms with Crippen LogP contribution in [0.1, 0.15) is 5.69 Å². The van der Waals surface area contributed by atoms with Crippen LogP contribution >= 0.6 is 11.3 Å². The van der Waals surface area contributed by atoms with Crippen molar-refractivity contribution in [3.05, 3.63) is 54.7 Å². The van der Waals surface area contributed by atoms with Crippen LogP contribution in [0.3, 0.4) is 0 Å². The molecule has 0 radical (unpaired) electrons. The number of pyridine rings is 2. The molecule has 3 aromatic rings. The van der Waals surface area contributed by atoms with Gasteiger partial charge in [0.15, 0.2) is 0 Å². The van der Waals surface area contributed by atoms with Gasteiger partial charge < -0.3 is 0 Å². The summed E-state index contributed by atoms with van der Waals surface area (Å²) in [6.07, 6.45) is 7.26. The van der Waals surface area contributed by atoms with Crippen molar-refractivity contribution >= 4 is 11.3 Å². The molecule has 88 valence electrons. The number of aryl methyl sites for hydroxylation is 1. The van der Waals surface area contributed by atoms with Gasteiger partial charge >= 0.3 is 0 Å². The molecule has 0 fully saturated rings. The maximum Gasteiger partial charge on any atom is 0.125 e. The van der Waals surface area contributed by atoms with E-state index in [1.807, 2.05) is 37.5 Å². The minimum atomic E-state index is 0.999. The van der Waals surface area contributed by atoms with Crippen molar-refractivity contribution in [3.8, 4) is 21.0 Å². The summed E-state index contributed by atoms with van der Waals surface area (Å²) in [4.78, 5) is 14.1. The zero-order chi connectivity index (χ0) is 12.4. The fourth-order valence-electron chi connectivity index (χ4n) is 1.77. The van der Waals surface area contributed by atoms with Gasteiger partial charge in [-0.25, -0.2) is 4.98 Å². The van der Waals surface area contributed by atoms with Gasteiger partial charge in [-0.15, -0.1) is 11.3 Å². The van der Waals surface area contributed by atoms with Gasteiger partial charge in [-0.1, -0.05) is 6.07 Å². The van der Waals surface area contributed by atoms with Crippen molar-refractivity contribution in [2.45, 2.75) is 6.92 Å². The molecule has 0 spiro atoms. The summed E-state index contributed by atoms with van der Waals surface area (Å²) in [6.45, 7) is 2.03. The first-order valence-electron chi connectivity index (χ1n) is 5.63. The Morgan fingerprint density at radius 3 is 2.22 bits per heavy atom. The van der Waals surface area contributed by atoms with Crippen LogP contribution in [-0.4, -0.2) is 15.0 Å². The monoisotopic (exact) mass is 253 g/mol. The Hall–Kier alpha value is -2.07. The second-order valence-corrected chi connectivity index (χ2v) is 4.92. The fourth-order valence-corrected chi connectivity index (χ4v) is 2.82. The topological polar surface area (TPSA) is 38.7 Å². The van der Waals surface area contributed by atoms with E-state index in [1.54, 1.807) is 23.7 Å². The molecule has 0 unspecified atom stereocenters. The molecular formula is C14H11N3S. The molecule has 4 heteroatoms. The van der Waals surface area contributed by atoms with E-state index in [9.17, 15) is 0 Å². The summed E-state index contributed by atoms with van der Waals surface area (Å²) in [5.41, 5.74) is 3.20. The summed E-state index contributed by atoms with van der Waals surface area (Å²) in [5, 5.41) is 0.999. The van der Waals surface area contributed by atoms with Crippen LogP contribution in [0.25, 0.3) is 21.0 Å². The molecule has 0 aliphatic carbocycles. The van der Waals surface area contributed by atoms with Crippen molar-refractivity contribution in [2.24, 2.45) is 0 Å². The van der Waals surface area contributed by atoms with Crippen LogP contribution < -0.4 is 0 Å². The molecule has 0 aromatic carbocycles. The second-order valence-electron chi connectivity index (χ2n) is 3.92. The predicted molar refractivity (Wildman–Crippen MR) is 73.3 cm³/mol. The van der Waals surface area contributed by atoms with Gasteiger partial charge in [0.05, 0.1) is 10.6 Å². The van der Waals surface area contributed by atoms with Gasteiger partial charge in [-0.3, -0.25) is 9.97 Å². The van der Waals surface area contributed by atoms with Crippen LogP contribution in [-0.2, 0) is 0 Å². The lowest BCUT2D eigenvalue weighted by molar-refractivity contribution is 1.25. The van der Waals surface area contributed by atoms with Crippen LogP contribution in [0.5, 0.6) is 0 Å². The van der Waals surface area contributed by atoms with E-state index in [1.165, 1.54) is 4.88 Å². The maximum atomic E-state index is 4.61. The zero-order valence-electron chi connectivity index (χ0n) is 9.87. The SMILES string of the molecule is Cc1nc(-c2cccnc2)sc1-c1cccnc1. The molecule has 0 atom stereocenters. The third-order valence-corrected chi connectivity index (χ3v) is 3.88. The molecule has 3 rings (SSSR count). The molecule has 3 heterocycles. The molecule has 0 aliphatic rings. The van der Waals surface area contributed by atoms with Crippen molar-refractivity contribution in [1.29, 1.82) is 0 Å². The molecule has 3 aromatic heterocycles. The first kappa shape index (κ1) is 11.0. The van der Waals surface area contributed by atoms with Gasteiger partial charge in [-0.05, 0) is 25.1 Å². The molecule has 0 saturated carbocycles. The Morgan fingerprint density at radius 2 is 1.61 bits per heavy atom. The summed E-state index contributed by atoms with van der Waals surface area (Å²) in [6, 6.07) is 7.95. The standard InChI is InChI=1S/C14H11N3S/c1-10-13(11-4-2-6-15-8-11)18-14(17-10)12-5-3-7-16-9-12/h2-9H,1H3. The van der Waals surface area contributed by atoms with E-state index >= 15 is 0 Å². The van der Waals surface area contributed by atoms with E-state index in [-0.39, 0.29) is 0 Å². The van der Waals surface area contributed by atoms with E-state index in [4.69, 9.17) is 0 Å². The van der Waals surface area contributed by atoms with Crippen LogP contribution in [0.4, 0.5) is 0 Å².